The van der Waals surface area contributed by atoms with Gasteiger partial charge in [0, 0.05) is 0 Å². The molecular formula is C18H30FN2O7P. The fraction of sp³-hybridized carbons (Fsp3) is 0.778. The largest absolute Gasteiger partial charge is 0.472 e. The molecule has 2 heterocycles. The molecule has 2 rings (SSSR count). The van der Waals surface area contributed by atoms with E-state index in [-0.39, 0.29) is 13.2 Å². The van der Waals surface area contributed by atoms with Crippen molar-refractivity contribution < 1.29 is 27.6 Å². The van der Waals surface area contributed by atoms with Gasteiger partial charge >= 0.3 is 13.5 Å². The van der Waals surface area contributed by atoms with Crippen LogP contribution in [0.25, 0.3) is 0 Å². The third kappa shape index (κ3) is 8.14. The van der Waals surface area contributed by atoms with Crippen LogP contribution in [-0.4, -0.2) is 33.8 Å². The molecule has 0 bridgehead atoms. The standard InChI is InChI=1S/C18H30FN2O7P/c1-2-3-4-5-6-7-8-11-26-29(24,25)27-13-14-9-10-16(28-14)21-12-15(19)17(22)20-18(21)23/h12,14,16H,2-11,13H2,1H3,(H,24,25)(H,20,22,23)/t14-,16+/m0/s1. The van der Waals surface area contributed by atoms with Crippen LogP contribution in [0.2, 0.25) is 0 Å². The molecule has 9 nitrogen and oxygen atoms in total. The lowest BCUT2D eigenvalue weighted by Gasteiger charge is -2.17. The van der Waals surface area contributed by atoms with Crippen LogP contribution in [0.15, 0.2) is 15.8 Å². The van der Waals surface area contributed by atoms with Crippen molar-refractivity contribution in [1.82, 2.24) is 9.55 Å². The van der Waals surface area contributed by atoms with Gasteiger partial charge in [0.2, 0.25) is 5.82 Å². The minimum absolute atomic E-state index is 0.141. The number of hydrogen-bond acceptors (Lipinski definition) is 6. The predicted octanol–water partition coefficient (Wildman–Crippen LogP) is 3.24. The average Bonchev–Trinajstić information content (AvgIpc) is 3.14. The van der Waals surface area contributed by atoms with Gasteiger partial charge in [-0.05, 0) is 19.3 Å². The molecule has 1 aliphatic rings. The van der Waals surface area contributed by atoms with E-state index in [1.54, 1.807) is 0 Å². The number of nitrogens with one attached hydrogen (secondary N) is 1. The van der Waals surface area contributed by atoms with Gasteiger partial charge in [-0.25, -0.2) is 9.36 Å². The summed E-state index contributed by atoms with van der Waals surface area (Å²) < 4.78 is 41.8. The number of nitrogens with zero attached hydrogens (tertiary/aromatic N) is 1. The number of H-pyrrole nitrogens is 1. The average molecular weight is 436 g/mol. The van der Waals surface area contributed by atoms with Crippen molar-refractivity contribution in [2.24, 2.45) is 0 Å². The molecule has 1 unspecified atom stereocenters. The van der Waals surface area contributed by atoms with Crippen LogP contribution in [0.3, 0.4) is 0 Å². The van der Waals surface area contributed by atoms with Crippen molar-refractivity contribution in [3.05, 3.63) is 32.9 Å². The number of aromatic amines is 1. The molecule has 2 N–H and O–H groups in total. The Morgan fingerprint density at radius 2 is 1.90 bits per heavy atom. The number of aromatic nitrogens is 2. The number of halogens is 1. The number of unbranched alkanes of at least 4 members (excludes halogenated alkanes) is 6. The fourth-order valence-corrected chi connectivity index (χ4v) is 3.93. The maximum Gasteiger partial charge on any atom is 0.472 e. The highest BCUT2D eigenvalue weighted by molar-refractivity contribution is 7.47. The molecule has 0 radical (unpaired) electrons. The summed E-state index contributed by atoms with van der Waals surface area (Å²) in [7, 11) is -4.18. The van der Waals surface area contributed by atoms with E-state index in [0.717, 1.165) is 30.0 Å². The normalized spacial score (nSPS) is 21.3. The van der Waals surface area contributed by atoms with E-state index in [0.29, 0.717) is 19.3 Å². The first kappa shape index (κ1) is 24.0. The van der Waals surface area contributed by atoms with Crippen molar-refractivity contribution in [3.8, 4) is 0 Å². The summed E-state index contributed by atoms with van der Waals surface area (Å²) in [6, 6.07) is 0. The van der Waals surface area contributed by atoms with Crippen LogP contribution in [0.1, 0.15) is 70.9 Å². The van der Waals surface area contributed by atoms with Crippen LogP contribution in [-0.2, 0) is 18.3 Å². The van der Waals surface area contributed by atoms with E-state index in [9.17, 15) is 23.4 Å². The third-order valence-corrected chi connectivity index (χ3v) is 5.73. The van der Waals surface area contributed by atoms with Gasteiger partial charge in [-0.15, -0.1) is 0 Å². The van der Waals surface area contributed by atoms with Gasteiger partial charge in [0.25, 0.3) is 5.56 Å². The Kier molecular flexibility index (Phi) is 9.71. The predicted molar refractivity (Wildman–Crippen MR) is 104 cm³/mol. The van der Waals surface area contributed by atoms with Crippen LogP contribution in [0, 0.1) is 5.82 Å². The SMILES string of the molecule is CCCCCCCCCOP(=O)(O)OC[C@@H]1CC[C@H](n2cc(F)c(=O)[nH]c2=O)O1. The first-order valence-electron chi connectivity index (χ1n) is 10.1. The molecule has 0 spiro atoms. The summed E-state index contributed by atoms with van der Waals surface area (Å²) in [4.78, 5) is 34.5. The van der Waals surface area contributed by atoms with Crippen LogP contribution >= 0.6 is 7.82 Å². The zero-order chi connectivity index (χ0) is 21.3. The van der Waals surface area contributed by atoms with Gasteiger partial charge in [0.05, 0.1) is 25.5 Å². The molecule has 1 aliphatic heterocycles. The summed E-state index contributed by atoms with van der Waals surface area (Å²) in [6.45, 7) is 2.11. The molecule has 1 saturated heterocycles. The van der Waals surface area contributed by atoms with Gasteiger partial charge in [-0.1, -0.05) is 45.4 Å². The molecule has 0 aliphatic carbocycles. The van der Waals surface area contributed by atoms with E-state index < -0.39 is 37.2 Å². The van der Waals surface area contributed by atoms with Crippen LogP contribution in [0.5, 0.6) is 0 Å². The van der Waals surface area contributed by atoms with Crippen molar-refractivity contribution in [2.75, 3.05) is 13.2 Å². The highest BCUT2D eigenvalue weighted by atomic mass is 31.2. The van der Waals surface area contributed by atoms with Gasteiger partial charge in [-0.2, -0.15) is 4.39 Å². The topological polar surface area (TPSA) is 120 Å². The minimum Gasteiger partial charge on any atom is -0.352 e. The summed E-state index contributed by atoms with van der Waals surface area (Å²) in [5, 5.41) is 0. The Labute approximate surface area is 168 Å². The van der Waals surface area contributed by atoms with Crippen molar-refractivity contribution in [1.29, 1.82) is 0 Å². The first-order valence-corrected chi connectivity index (χ1v) is 11.6. The lowest BCUT2D eigenvalue weighted by molar-refractivity contribution is -0.0264. The molecule has 3 atom stereocenters. The monoisotopic (exact) mass is 436 g/mol. The van der Waals surface area contributed by atoms with E-state index in [1.807, 2.05) is 4.98 Å². The maximum atomic E-state index is 13.4. The van der Waals surface area contributed by atoms with Crippen molar-refractivity contribution in [3.63, 3.8) is 0 Å². The zero-order valence-electron chi connectivity index (χ0n) is 16.7. The molecule has 11 heteroatoms. The first-order chi connectivity index (χ1) is 13.8. The number of ether oxygens (including phenoxy) is 1. The second-order valence-corrected chi connectivity index (χ2v) is 8.61. The highest BCUT2D eigenvalue weighted by Crippen LogP contribution is 2.44. The van der Waals surface area contributed by atoms with Crippen molar-refractivity contribution in [2.45, 2.75) is 77.0 Å². The van der Waals surface area contributed by atoms with E-state index in [1.165, 1.54) is 19.3 Å². The fourth-order valence-electron chi connectivity index (χ4n) is 3.14. The van der Waals surface area contributed by atoms with E-state index >= 15 is 0 Å². The molecule has 1 fully saturated rings. The van der Waals surface area contributed by atoms with Gasteiger partial charge in [0.15, 0.2) is 0 Å². The number of phosphoric acid groups is 1. The lowest BCUT2D eigenvalue weighted by Crippen LogP contribution is -2.34. The Balaban J connectivity index is 1.68. The summed E-state index contributed by atoms with van der Waals surface area (Å²) in [5.74, 6) is -1.09. The quantitative estimate of drug-likeness (QED) is 0.360. The molecule has 166 valence electrons. The van der Waals surface area contributed by atoms with E-state index in [2.05, 4.69) is 6.92 Å². The Bertz CT molecular complexity index is 797. The molecule has 1 aromatic rings. The smallest absolute Gasteiger partial charge is 0.352 e. The summed E-state index contributed by atoms with van der Waals surface area (Å²) >= 11 is 0. The number of hydrogen-bond donors (Lipinski definition) is 2. The zero-order valence-corrected chi connectivity index (χ0v) is 17.6. The van der Waals surface area contributed by atoms with Crippen LogP contribution in [0.4, 0.5) is 4.39 Å². The molecule has 29 heavy (non-hydrogen) atoms. The summed E-state index contributed by atoms with van der Waals surface area (Å²) in [6.07, 6.45) is 7.74. The van der Waals surface area contributed by atoms with Crippen molar-refractivity contribution >= 4 is 7.82 Å². The molecule has 0 amide bonds. The Morgan fingerprint density at radius 1 is 1.21 bits per heavy atom. The van der Waals surface area contributed by atoms with Gasteiger partial charge < -0.3 is 9.63 Å². The van der Waals surface area contributed by atoms with Gasteiger partial charge in [-0.3, -0.25) is 23.4 Å². The molecular weight excluding hydrogens is 406 g/mol. The molecule has 0 saturated carbocycles. The van der Waals surface area contributed by atoms with Gasteiger partial charge in [0.1, 0.15) is 6.23 Å². The maximum absolute atomic E-state index is 13.4. The van der Waals surface area contributed by atoms with Crippen LogP contribution < -0.4 is 11.2 Å². The summed E-state index contributed by atoms with van der Waals surface area (Å²) in [5.41, 5.74) is -1.88. The number of rotatable bonds is 13. The second-order valence-electron chi connectivity index (χ2n) is 7.15. The Hall–Kier alpha value is -1.32. The third-order valence-electron chi connectivity index (χ3n) is 4.75. The van der Waals surface area contributed by atoms with E-state index in [4.69, 9.17) is 13.8 Å². The second kappa shape index (κ2) is 11.8. The molecule has 0 aromatic carbocycles. The Morgan fingerprint density at radius 3 is 2.62 bits per heavy atom. The highest BCUT2D eigenvalue weighted by Gasteiger charge is 2.31. The molecule has 1 aromatic heterocycles. The minimum atomic E-state index is -4.18. The lowest BCUT2D eigenvalue weighted by atomic mass is 10.1. The number of phosphoric ester groups is 1.